The third kappa shape index (κ3) is 5.46. The molecule has 2 aromatic carbocycles. The number of hydrogen-bond donors (Lipinski definition) is 1. The van der Waals surface area contributed by atoms with Crippen LogP contribution in [-0.4, -0.2) is 32.1 Å². The molecule has 0 saturated heterocycles. The topological polar surface area (TPSA) is 64.6 Å². The maximum atomic E-state index is 13.5. The zero-order valence-electron chi connectivity index (χ0n) is 13.6. The summed E-state index contributed by atoms with van der Waals surface area (Å²) in [4.78, 5) is 23.8. The molecule has 0 aliphatic heterocycles. The van der Waals surface area contributed by atoms with Crippen molar-refractivity contribution in [3.63, 3.8) is 0 Å². The molecule has 0 heterocycles. The van der Waals surface area contributed by atoms with E-state index in [4.69, 9.17) is 21.1 Å². The van der Waals surface area contributed by atoms with Crippen molar-refractivity contribution >= 4 is 23.5 Å². The molecule has 0 bridgehead atoms. The maximum absolute atomic E-state index is 13.5. The lowest BCUT2D eigenvalue weighted by Gasteiger charge is -2.10. The zero-order chi connectivity index (χ0) is 18.2. The molecule has 0 aromatic heterocycles. The van der Waals surface area contributed by atoms with Crippen LogP contribution in [0, 0.1) is 5.82 Å². The lowest BCUT2D eigenvalue weighted by atomic mass is 10.1. The van der Waals surface area contributed by atoms with Crippen LogP contribution < -0.4 is 10.1 Å². The third-order valence-corrected chi connectivity index (χ3v) is 3.63. The number of halogens is 2. The predicted octanol–water partition coefficient (Wildman–Crippen LogP) is 3.00. The van der Waals surface area contributed by atoms with Crippen LogP contribution in [0.3, 0.4) is 0 Å². The molecule has 0 radical (unpaired) electrons. The first-order valence-electron chi connectivity index (χ1n) is 7.52. The van der Waals surface area contributed by atoms with E-state index in [0.717, 1.165) is 0 Å². The molecule has 1 N–H and O–H groups in total. The highest BCUT2D eigenvalue weighted by molar-refractivity contribution is 6.31. The van der Waals surface area contributed by atoms with Crippen LogP contribution in [0.4, 0.5) is 4.39 Å². The average Bonchev–Trinajstić information content (AvgIpc) is 2.61. The summed E-state index contributed by atoms with van der Waals surface area (Å²) in [5.74, 6) is -1.22. The van der Waals surface area contributed by atoms with Gasteiger partial charge < -0.3 is 14.8 Å². The normalized spacial score (nSPS) is 10.2. The minimum Gasteiger partial charge on any atom is -0.496 e. The number of benzene rings is 2. The second kappa shape index (κ2) is 9.03. The number of nitrogens with one attached hydrogen (secondary N) is 1. The van der Waals surface area contributed by atoms with Crippen LogP contribution >= 0.6 is 11.6 Å². The summed E-state index contributed by atoms with van der Waals surface area (Å²) in [5, 5.41) is 2.91. The first-order chi connectivity index (χ1) is 12.0. The molecule has 0 saturated carbocycles. The molecule has 5 nitrogen and oxygen atoms in total. The molecule has 0 unspecified atom stereocenters. The van der Waals surface area contributed by atoms with Crippen molar-refractivity contribution in [1.82, 2.24) is 5.32 Å². The van der Waals surface area contributed by atoms with Gasteiger partial charge in [-0.3, -0.25) is 4.79 Å². The number of esters is 1. The lowest BCUT2D eigenvalue weighted by Crippen LogP contribution is -2.30. The Labute approximate surface area is 149 Å². The Kier molecular flexibility index (Phi) is 6.77. The minimum absolute atomic E-state index is 0.133. The van der Waals surface area contributed by atoms with Crippen molar-refractivity contribution in [2.45, 2.75) is 6.42 Å². The van der Waals surface area contributed by atoms with Gasteiger partial charge in [0.1, 0.15) is 17.1 Å². The SMILES string of the molecule is COc1ccc(Cl)cc1C(=O)OCC(=O)NCCc1ccccc1F. The largest absolute Gasteiger partial charge is 0.496 e. The molecule has 0 fully saturated rings. The van der Waals surface area contributed by atoms with Crippen LogP contribution in [-0.2, 0) is 16.0 Å². The predicted molar refractivity (Wildman–Crippen MR) is 91.4 cm³/mol. The van der Waals surface area contributed by atoms with Gasteiger partial charge in [0, 0.05) is 11.6 Å². The van der Waals surface area contributed by atoms with E-state index in [1.54, 1.807) is 24.3 Å². The van der Waals surface area contributed by atoms with E-state index in [1.807, 2.05) is 0 Å². The van der Waals surface area contributed by atoms with E-state index < -0.39 is 18.5 Å². The Bertz CT molecular complexity index is 766. The van der Waals surface area contributed by atoms with Gasteiger partial charge in [0.25, 0.3) is 5.91 Å². The van der Waals surface area contributed by atoms with Crippen molar-refractivity contribution in [2.75, 3.05) is 20.3 Å². The second-order valence-electron chi connectivity index (χ2n) is 5.11. The summed E-state index contributed by atoms with van der Waals surface area (Å²) in [5.41, 5.74) is 0.637. The number of hydrogen-bond acceptors (Lipinski definition) is 4. The Morgan fingerprint density at radius 3 is 2.68 bits per heavy atom. The van der Waals surface area contributed by atoms with Crippen LogP contribution in [0.1, 0.15) is 15.9 Å². The maximum Gasteiger partial charge on any atom is 0.342 e. The van der Waals surface area contributed by atoms with Gasteiger partial charge in [0.05, 0.1) is 7.11 Å². The average molecular weight is 366 g/mol. The van der Waals surface area contributed by atoms with E-state index in [0.29, 0.717) is 22.8 Å². The van der Waals surface area contributed by atoms with E-state index in [-0.39, 0.29) is 17.9 Å². The molecule has 0 aliphatic rings. The highest BCUT2D eigenvalue weighted by atomic mass is 35.5. The smallest absolute Gasteiger partial charge is 0.342 e. The van der Waals surface area contributed by atoms with Gasteiger partial charge in [-0.15, -0.1) is 0 Å². The standard InChI is InChI=1S/C18H17ClFNO4/c1-24-16-7-6-13(19)10-14(16)18(23)25-11-17(22)21-9-8-12-4-2-3-5-15(12)20/h2-7,10H,8-9,11H2,1H3,(H,21,22). The first kappa shape index (κ1) is 18.7. The zero-order valence-corrected chi connectivity index (χ0v) is 14.3. The number of amides is 1. The molecule has 1 amide bonds. The van der Waals surface area contributed by atoms with Crippen molar-refractivity contribution in [3.8, 4) is 5.75 Å². The molecule has 2 aromatic rings. The van der Waals surface area contributed by atoms with Gasteiger partial charge in [-0.1, -0.05) is 29.8 Å². The lowest BCUT2D eigenvalue weighted by molar-refractivity contribution is -0.124. The minimum atomic E-state index is -0.719. The number of carbonyl (C=O) groups excluding carboxylic acids is 2. The fraction of sp³-hybridized carbons (Fsp3) is 0.222. The molecule has 0 spiro atoms. The Morgan fingerprint density at radius 2 is 1.96 bits per heavy atom. The fourth-order valence-electron chi connectivity index (χ4n) is 2.14. The van der Waals surface area contributed by atoms with E-state index >= 15 is 0 Å². The van der Waals surface area contributed by atoms with Gasteiger partial charge >= 0.3 is 5.97 Å². The van der Waals surface area contributed by atoms with Gasteiger partial charge in [-0.2, -0.15) is 0 Å². The molecule has 7 heteroatoms. The number of rotatable bonds is 7. The Morgan fingerprint density at radius 1 is 1.20 bits per heavy atom. The summed E-state index contributed by atoms with van der Waals surface area (Å²) in [6.07, 6.45) is 0.342. The van der Waals surface area contributed by atoms with Gasteiger partial charge in [0.15, 0.2) is 6.61 Å². The summed E-state index contributed by atoms with van der Waals surface area (Å²) in [7, 11) is 1.41. The molecule has 0 aliphatic carbocycles. The summed E-state index contributed by atoms with van der Waals surface area (Å²) in [6.45, 7) is -0.219. The summed E-state index contributed by atoms with van der Waals surface area (Å²) in [6, 6.07) is 10.8. The number of carbonyl (C=O) groups is 2. The second-order valence-corrected chi connectivity index (χ2v) is 5.55. The monoisotopic (exact) mass is 365 g/mol. The Hall–Kier alpha value is -2.60. The highest BCUT2D eigenvalue weighted by Gasteiger charge is 2.16. The molecule has 2 rings (SSSR count). The summed E-state index contributed by atoms with van der Waals surface area (Å²) < 4.78 is 23.5. The highest BCUT2D eigenvalue weighted by Crippen LogP contribution is 2.23. The molecule has 0 atom stereocenters. The van der Waals surface area contributed by atoms with Gasteiger partial charge in [-0.05, 0) is 36.2 Å². The third-order valence-electron chi connectivity index (χ3n) is 3.39. The van der Waals surface area contributed by atoms with E-state index in [9.17, 15) is 14.0 Å². The first-order valence-corrected chi connectivity index (χ1v) is 7.90. The van der Waals surface area contributed by atoms with Crippen LogP contribution in [0.5, 0.6) is 5.75 Å². The van der Waals surface area contributed by atoms with Crippen molar-refractivity contribution in [3.05, 3.63) is 64.4 Å². The molecule has 132 valence electrons. The summed E-state index contributed by atoms with van der Waals surface area (Å²) >= 11 is 5.85. The Balaban J connectivity index is 1.81. The van der Waals surface area contributed by atoms with E-state index in [2.05, 4.69) is 5.32 Å². The van der Waals surface area contributed by atoms with Gasteiger partial charge in [-0.25, -0.2) is 9.18 Å². The van der Waals surface area contributed by atoms with Crippen LogP contribution in [0.25, 0.3) is 0 Å². The van der Waals surface area contributed by atoms with Crippen molar-refractivity contribution in [1.29, 1.82) is 0 Å². The molecular weight excluding hydrogens is 349 g/mol. The van der Waals surface area contributed by atoms with Crippen LogP contribution in [0.2, 0.25) is 5.02 Å². The number of ether oxygens (including phenoxy) is 2. The quantitative estimate of drug-likeness (QED) is 0.766. The van der Waals surface area contributed by atoms with Crippen molar-refractivity contribution in [2.24, 2.45) is 0 Å². The van der Waals surface area contributed by atoms with Crippen molar-refractivity contribution < 1.29 is 23.5 Å². The number of methoxy groups -OCH3 is 1. The van der Waals surface area contributed by atoms with Crippen LogP contribution in [0.15, 0.2) is 42.5 Å². The molecular formula is C18H17ClFNO4. The van der Waals surface area contributed by atoms with E-state index in [1.165, 1.54) is 25.3 Å². The van der Waals surface area contributed by atoms with Gasteiger partial charge in [0.2, 0.25) is 0 Å². The fourth-order valence-corrected chi connectivity index (χ4v) is 2.31. The molecule has 25 heavy (non-hydrogen) atoms.